The lowest BCUT2D eigenvalue weighted by Gasteiger charge is -2.27. The van der Waals surface area contributed by atoms with Gasteiger partial charge < -0.3 is 4.90 Å². The second-order valence-electron chi connectivity index (χ2n) is 6.18. The molecule has 24 heavy (non-hydrogen) atoms. The number of benzene rings is 1. The highest BCUT2D eigenvalue weighted by atomic mass is 79.9. The minimum Gasteiger partial charge on any atom is -0.313 e. The topological polar surface area (TPSA) is 49.7 Å². The van der Waals surface area contributed by atoms with E-state index >= 15 is 0 Å². The van der Waals surface area contributed by atoms with Gasteiger partial charge in [-0.15, -0.1) is 0 Å². The maximum atomic E-state index is 12.0. The van der Waals surface area contributed by atoms with Crippen molar-refractivity contribution in [2.75, 3.05) is 22.2 Å². The predicted octanol–water partition coefficient (Wildman–Crippen LogP) is 4.14. The van der Waals surface area contributed by atoms with Gasteiger partial charge >= 0.3 is 0 Å². The maximum Gasteiger partial charge on any atom is 0.164 e. The third kappa shape index (κ3) is 3.84. The lowest BCUT2D eigenvalue weighted by molar-refractivity contribution is 0.601. The van der Waals surface area contributed by atoms with Crippen LogP contribution in [0, 0.1) is 0 Å². The molecule has 0 aliphatic carbocycles. The molecule has 0 radical (unpaired) electrons. The van der Waals surface area contributed by atoms with Crippen molar-refractivity contribution in [2.45, 2.75) is 25.9 Å². The fraction of sp³-hybridized carbons (Fsp3) is 0.438. The van der Waals surface area contributed by atoms with Gasteiger partial charge in [0, 0.05) is 10.2 Å². The Morgan fingerprint density at radius 1 is 1.46 bits per heavy atom. The van der Waals surface area contributed by atoms with Crippen LogP contribution in [0.25, 0.3) is 0 Å². The zero-order chi connectivity index (χ0) is 17.5. The summed E-state index contributed by atoms with van der Waals surface area (Å²) in [6, 6.07) is 5.28. The highest BCUT2D eigenvalue weighted by molar-refractivity contribution is 9.10. The van der Waals surface area contributed by atoms with Gasteiger partial charge in [0.05, 0.1) is 34.3 Å². The normalized spacial score (nSPS) is 24.7. The fourth-order valence-corrected chi connectivity index (χ4v) is 6.63. The quantitative estimate of drug-likeness (QED) is 0.651. The molecule has 0 bridgehead atoms. The van der Waals surface area contributed by atoms with Crippen LogP contribution in [0.2, 0.25) is 5.02 Å². The first-order valence-electron chi connectivity index (χ1n) is 7.55. The van der Waals surface area contributed by atoms with Gasteiger partial charge in [-0.05, 0) is 32.0 Å². The SMILES string of the molecule is CC(C)=CCSC1=NC2CS(=O)(=O)CC2N1c1ccc(Br)cc1Cl. The summed E-state index contributed by atoms with van der Waals surface area (Å²) >= 11 is 11.5. The van der Waals surface area contributed by atoms with Gasteiger partial charge in [0.25, 0.3) is 0 Å². The van der Waals surface area contributed by atoms with Crippen LogP contribution in [0.4, 0.5) is 5.69 Å². The third-order valence-electron chi connectivity index (χ3n) is 3.98. The number of rotatable bonds is 3. The van der Waals surface area contributed by atoms with Gasteiger partial charge in [-0.25, -0.2) is 8.42 Å². The van der Waals surface area contributed by atoms with Crippen molar-refractivity contribution in [3.05, 3.63) is 39.3 Å². The molecule has 0 spiro atoms. The van der Waals surface area contributed by atoms with E-state index in [1.165, 1.54) is 5.57 Å². The van der Waals surface area contributed by atoms with Crippen LogP contribution >= 0.6 is 39.3 Å². The molecule has 0 saturated carbocycles. The van der Waals surface area contributed by atoms with E-state index in [0.29, 0.717) is 5.02 Å². The van der Waals surface area contributed by atoms with Crippen molar-refractivity contribution in [2.24, 2.45) is 4.99 Å². The summed E-state index contributed by atoms with van der Waals surface area (Å²) in [7, 11) is -3.05. The van der Waals surface area contributed by atoms with Gasteiger partial charge in [-0.3, -0.25) is 4.99 Å². The molecule has 8 heteroatoms. The Hall–Kier alpha value is -0.500. The molecule has 0 aromatic heterocycles. The number of aliphatic imine (C=N–C) groups is 1. The first-order chi connectivity index (χ1) is 11.3. The maximum absolute atomic E-state index is 12.0. The Labute approximate surface area is 160 Å². The lowest BCUT2D eigenvalue weighted by Crippen LogP contribution is -2.39. The van der Waals surface area contributed by atoms with Crippen LogP contribution in [0.15, 0.2) is 39.3 Å². The van der Waals surface area contributed by atoms with Gasteiger partial charge in [-0.2, -0.15) is 0 Å². The minimum absolute atomic E-state index is 0.120. The smallest absolute Gasteiger partial charge is 0.164 e. The number of amidine groups is 1. The van der Waals surface area contributed by atoms with Crippen molar-refractivity contribution in [3.8, 4) is 0 Å². The van der Waals surface area contributed by atoms with Gasteiger partial charge in [0.15, 0.2) is 15.0 Å². The van der Waals surface area contributed by atoms with E-state index in [2.05, 4.69) is 35.9 Å². The number of sulfone groups is 1. The van der Waals surface area contributed by atoms with Crippen molar-refractivity contribution in [1.29, 1.82) is 0 Å². The highest BCUT2D eigenvalue weighted by Crippen LogP contribution is 2.39. The Morgan fingerprint density at radius 3 is 2.88 bits per heavy atom. The molecule has 0 N–H and O–H groups in total. The van der Waals surface area contributed by atoms with E-state index in [1.807, 2.05) is 23.1 Å². The summed E-state index contributed by atoms with van der Waals surface area (Å²) in [5, 5.41) is 1.44. The van der Waals surface area contributed by atoms with Crippen molar-refractivity contribution >= 4 is 60.0 Å². The first kappa shape index (κ1) is 18.3. The molecular weight excluding hydrogens is 432 g/mol. The lowest BCUT2D eigenvalue weighted by atomic mass is 10.1. The van der Waals surface area contributed by atoms with Crippen LogP contribution in [-0.4, -0.2) is 42.9 Å². The molecular formula is C16H18BrClN2O2S2. The number of thioether (sulfide) groups is 1. The third-order valence-corrected chi connectivity index (χ3v) is 7.37. The molecule has 1 saturated heterocycles. The molecule has 1 fully saturated rings. The van der Waals surface area contributed by atoms with Crippen LogP contribution in [-0.2, 0) is 9.84 Å². The van der Waals surface area contributed by atoms with Crippen LogP contribution in [0.3, 0.4) is 0 Å². The second-order valence-corrected chi connectivity index (χ2v) is 10.6. The van der Waals surface area contributed by atoms with E-state index in [1.54, 1.807) is 11.8 Å². The Balaban J connectivity index is 1.95. The van der Waals surface area contributed by atoms with Crippen LogP contribution < -0.4 is 4.90 Å². The molecule has 130 valence electrons. The fourth-order valence-electron chi connectivity index (χ4n) is 2.87. The average molecular weight is 450 g/mol. The van der Waals surface area contributed by atoms with Crippen molar-refractivity contribution in [1.82, 2.24) is 0 Å². The van der Waals surface area contributed by atoms with Crippen molar-refractivity contribution in [3.63, 3.8) is 0 Å². The highest BCUT2D eigenvalue weighted by Gasteiger charge is 2.47. The molecule has 3 rings (SSSR count). The molecule has 2 aliphatic rings. The molecule has 2 unspecified atom stereocenters. The molecule has 1 aromatic rings. The van der Waals surface area contributed by atoms with E-state index in [4.69, 9.17) is 16.6 Å². The minimum atomic E-state index is -3.05. The number of halogens is 2. The number of nitrogens with zero attached hydrogens (tertiary/aromatic N) is 2. The van der Waals surface area contributed by atoms with Gasteiger partial charge in [0.1, 0.15) is 0 Å². The number of allylic oxidation sites excluding steroid dienone is 1. The molecule has 0 amide bonds. The van der Waals surface area contributed by atoms with Gasteiger partial charge in [-0.1, -0.05) is 50.9 Å². The molecule has 1 aromatic carbocycles. The number of hydrogen-bond donors (Lipinski definition) is 0. The number of hydrogen-bond acceptors (Lipinski definition) is 5. The van der Waals surface area contributed by atoms with Crippen LogP contribution in [0.5, 0.6) is 0 Å². The van der Waals surface area contributed by atoms with Gasteiger partial charge in [0.2, 0.25) is 0 Å². The second kappa shape index (κ2) is 7.02. The predicted molar refractivity (Wildman–Crippen MR) is 107 cm³/mol. The standard InChI is InChI=1S/C16H18BrClN2O2S2/c1-10(2)5-6-23-16-19-13-8-24(21,22)9-15(13)20(16)14-4-3-11(17)7-12(14)18/h3-5,7,13,15H,6,8-9H2,1-2H3. The summed E-state index contributed by atoms with van der Waals surface area (Å²) in [6.07, 6.45) is 2.14. The summed E-state index contributed by atoms with van der Waals surface area (Å²) in [4.78, 5) is 6.70. The van der Waals surface area contributed by atoms with E-state index in [0.717, 1.165) is 21.1 Å². The monoisotopic (exact) mass is 448 g/mol. The summed E-state index contributed by atoms with van der Waals surface area (Å²) in [5.41, 5.74) is 2.06. The molecule has 2 atom stereocenters. The van der Waals surface area contributed by atoms with E-state index in [-0.39, 0.29) is 23.6 Å². The molecule has 2 heterocycles. The van der Waals surface area contributed by atoms with Crippen LogP contribution in [0.1, 0.15) is 13.8 Å². The Morgan fingerprint density at radius 2 is 2.21 bits per heavy atom. The Bertz CT molecular complexity index is 819. The first-order valence-corrected chi connectivity index (χ1v) is 11.5. The number of fused-ring (bicyclic) bond motifs is 1. The number of anilines is 1. The molecule has 4 nitrogen and oxygen atoms in total. The molecule has 2 aliphatic heterocycles. The largest absolute Gasteiger partial charge is 0.313 e. The summed E-state index contributed by atoms with van der Waals surface area (Å²) in [6.45, 7) is 4.11. The average Bonchev–Trinajstić information content (AvgIpc) is 2.91. The zero-order valence-corrected chi connectivity index (χ0v) is 17.3. The summed E-state index contributed by atoms with van der Waals surface area (Å²) in [5.74, 6) is 1.05. The summed E-state index contributed by atoms with van der Waals surface area (Å²) < 4.78 is 24.9. The zero-order valence-electron chi connectivity index (χ0n) is 13.4. The van der Waals surface area contributed by atoms with E-state index in [9.17, 15) is 8.42 Å². The van der Waals surface area contributed by atoms with E-state index < -0.39 is 9.84 Å². The Kier molecular flexibility index (Phi) is 5.35. The van der Waals surface area contributed by atoms with Crippen molar-refractivity contribution < 1.29 is 8.42 Å².